The zero-order chi connectivity index (χ0) is 15.6. The van der Waals surface area contributed by atoms with E-state index in [2.05, 4.69) is 0 Å². The lowest BCUT2D eigenvalue weighted by atomic mass is 10.1. The number of hydrogen-bond acceptors (Lipinski definition) is 4. The van der Waals surface area contributed by atoms with Crippen LogP contribution in [0.25, 0.3) is 0 Å². The van der Waals surface area contributed by atoms with Gasteiger partial charge in [0.05, 0.1) is 0 Å². The van der Waals surface area contributed by atoms with E-state index in [1.165, 1.54) is 15.6 Å². The fourth-order valence-corrected chi connectivity index (χ4v) is 4.78. The predicted octanol–water partition coefficient (Wildman–Crippen LogP) is 3.24. The SMILES string of the molecule is CC(c1ccc(Cl)cc1)N(C)S(=O)(=O)c1cc(CN)cs1. The summed E-state index contributed by atoms with van der Waals surface area (Å²) in [5, 5.41) is 2.40. The summed E-state index contributed by atoms with van der Waals surface area (Å²) in [4.78, 5) is 0. The van der Waals surface area contributed by atoms with Crippen LogP contribution in [-0.2, 0) is 16.6 Å². The summed E-state index contributed by atoms with van der Waals surface area (Å²) in [6.45, 7) is 2.18. The van der Waals surface area contributed by atoms with Crippen LogP contribution in [0.5, 0.6) is 0 Å². The molecule has 21 heavy (non-hydrogen) atoms. The first kappa shape index (κ1) is 16.5. The maximum atomic E-state index is 12.6. The quantitative estimate of drug-likeness (QED) is 0.905. The Hall–Kier alpha value is -0.920. The van der Waals surface area contributed by atoms with Crippen molar-refractivity contribution in [1.29, 1.82) is 0 Å². The summed E-state index contributed by atoms with van der Waals surface area (Å²) >= 11 is 7.05. The summed E-state index contributed by atoms with van der Waals surface area (Å²) in [6.07, 6.45) is 0. The van der Waals surface area contributed by atoms with Gasteiger partial charge < -0.3 is 5.73 Å². The third kappa shape index (κ3) is 3.46. The molecule has 0 saturated carbocycles. The van der Waals surface area contributed by atoms with E-state index in [-0.39, 0.29) is 6.04 Å². The summed E-state index contributed by atoms with van der Waals surface area (Å²) in [7, 11) is -1.94. The zero-order valence-electron chi connectivity index (χ0n) is 11.8. The number of hydrogen-bond donors (Lipinski definition) is 1. The lowest BCUT2D eigenvalue weighted by Gasteiger charge is -2.24. The number of sulfonamides is 1. The Balaban J connectivity index is 2.28. The lowest BCUT2D eigenvalue weighted by Crippen LogP contribution is -2.29. The average molecular weight is 345 g/mol. The topological polar surface area (TPSA) is 63.4 Å². The minimum atomic E-state index is -3.52. The highest BCUT2D eigenvalue weighted by Gasteiger charge is 2.27. The lowest BCUT2D eigenvalue weighted by molar-refractivity contribution is 0.399. The number of nitrogens with two attached hydrogens (primary N) is 1. The van der Waals surface area contributed by atoms with Crippen LogP contribution in [0.4, 0.5) is 0 Å². The van der Waals surface area contributed by atoms with Gasteiger partial charge in [0.25, 0.3) is 10.0 Å². The van der Waals surface area contributed by atoms with Crippen LogP contribution in [0.1, 0.15) is 24.1 Å². The Morgan fingerprint density at radius 3 is 2.48 bits per heavy atom. The molecule has 0 aliphatic heterocycles. The third-order valence-corrected chi connectivity index (χ3v) is 7.04. The monoisotopic (exact) mass is 344 g/mol. The minimum Gasteiger partial charge on any atom is -0.326 e. The molecule has 2 N–H and O–H groups in total. The Bertz CT molecular complexity index is 711. The van der Waals surface area contributed by atoms with Gasteiger partial charge in [-0.15, -0.1) is 11.3 Å². The Morgan fingerprint density at radius 1 is 1.33 bits per heavy atom. The zero-order valence-corrected chi connectivity index (χ0v) is 14.2. The number of rotatable bonds is 5. The smallest absolute Gasteiger partial charge is 0.252 e. The van der Waals surface area contributed by atoms with Crippen LogP contribution in [0, 0.1) is 0 Å². The molecule has 0 fully saturated rings. The van der Waals surface area contributed by atoms with Crippen molar-refractivity contribution in [2.24, 2.45) is 5.73 Å². The molecule has 0 saturated heterocycles. The molecular formula is C14H17ClN2O2S2. The highest BCUT2D eigenvalue weighted by molar-refractivity contribution is 7.91. The van der Waals surface area contributed by atoms with Gasteiger partial charge in [0.1, 0.15) is 4.21 Å². The highest BCUT2D eigenvalue weighted by atomic mass is 35.5. The second-order valence-electron chi connectivity index (χ2n) is 4.73. The average Bonchev–Trinajstić information content (AvgIpc) is 2.96. The molecule has 2 rings (SSSR count). The Labute approximate surface area is 134 Å². The maximum Gasteiger partial charge on any atom is 0.252 e. The van der Waals surface area contributed by atoms with Crippen LogP contribution in [-0.4, -0.2) is 19.8 Å². The molecule has 1 unspecified atom stereocenters. The van der Waals surface area contributed by atoms with Crippen LogP contribution < -0.4 is 5.73 Å². The van der Waals surface area contributed by atoms with Gasteiger partial charge in [-0.3, -0.25) is 0 Å². The van der Waals surface area contributed by atoms with Gasteiger partial charge in [0.2, 0.25) is 0 Å². The molecule has 0 aliphatic rings. The molecule has 2 aromatic rings. The maximum absolute atomic E-state index is 12.6. The van der Waals surface area contributed by atoms with Crippen LogP contribution in [0.3, 0.4) is 0 Å². The summed E-state index contributed by atoms with van der Waals surface area (Å²) in [6, 6.07) is 8.52. The molecule has 114 valence electrons. The number of halogens is 1. The third-order valence-electron chi connectivity index (χ3n) is 3.40. The summed E-state index contributed by atoms with van der Waals surface area (Å²) < 4.78 is 26.9. The van der Waals surface area contributed by atoms with Crippen molar-refractivity contribution in [3.63, 3.8) is 0 Å². The Kier molecular flexibility index (Phi) is 5.06. The summed E-state index contributed by atoms with van der Waals surface area (Å²) in [5.41, 5.74) is 7.25. The van der Waals surface area contributed by atoms with Crippen molar-refractivity contribution in [2.45, 2.75) is 23.7 Å². The molecule has 1 aromatic heterocycles. The normalized spacial score (nSPS) is 13.6. The van der Waals surface area contributed by atoms with Gasteiger partial charge in [0.15, 0.2) is 0 Å². The molecule has 4 nitrogen and oxygen atoms in total. The van der Waals surface area contributed by atoms with Crippen LogP contribution >= 0.6 is 22.9 Å². The van der Waals surface area contributed by atoms with E-state index in [0.717, 1.165) is 11.1 Å². The summed E-state index contributed by atoms with van der Waals surface area (Å²) in [5.74, 6) is 0. The van der Waals surface area contributed by atoms with Gasteiger partial charge >= 0.3 is 0 Å². The standard InChI is InChI=1S/C14H17ClN2O2S2/c1-10(12-3-5-13(15)6-4-12)17(2)21(18,19)14-7-11(8-16)9-20-14/h3-7,9-10H,8,16H2,1-2H3. The molecule has 0 radical (unpaired) electrons. The van der Waals surface area contributed by atoms with Gasteiger partial charge in [0, 0.05) is 24.7 Å². The molecule has 0 amide bonds. The molecule has 1 heterocycles. The van der Waals surface area contributed by atoms with Gasteiger partial charge in [-0.05, 0) is 41.6 Å². The molecule has 1 aromatic carbocycles. The molecular weight excluding hydrogens is 328 g/mol. The van der Waals surface area contributed by atoms with Crippen molar-refractivity contribution in [3.8, 4) is 0 Å². The molecule has 0 bridgehead atoms. The number of nitrogens with zero attached hydrogens (tertiary/aromatic N) is 1. The van der Waals surface area contributed by atoms with E-state index in [1.807, 2.05) is 19.1 Å². The van der Waals surface area contributed by atoms with Crippen molar-refractivity contribution in [3.05, 3.63) is 51.9 Å². The first-order valence-electron chi connectivity index (χ1n) is 6.37. The van der Waals surface area contributed by atoms with Gasteiger partial charge in [-0.2, -0.15) is 4.31 Å². The Morgan fingerprint density at radius 2 is 1.95 bits per heavy atom. The van der Waals surface area contributed by atoms with E-state index in [1.54, 1.807) is 30.6 Å². The van der Waals surface area contributed by atoms with Crippen molar-refractivity contribution in [1.82, 2.24) is 4.31 Å². The fraction of sp³-hybridized carbons (Fsp3) is 0.286. The van der Waals surface area contributed by atoms with E-state index >= 15 is 0 Å². The predicted molar refractivity (Wildman–Crippen MR) is 87.0 cm³/mol. The van der Waals surface area contributed by atoms with Crippen LogP contribution in [0.15, 0.2) is 39.9 Å². The molecule has 1 atom stereocenters. The first-order valence-corrected chi connectivity index (χ1v) is 9.07. The van der Waals surface area contributed by atoms with Crippen molar-refractivity contribution >= 4 is 33.0 Å². The number of thiophene rings is 1. The van der Waals surface area contributed by atoms with Crippen molar-refractivity contribution < 1.29 is 8.42 Å². The van der Waals surface area contributed by atoms with Crippen molar-refractivity contribution in [2.75, 3.05) is 7.05 Å². The van der Waals surface area contributed by atoms with Gasteiger partial charge in [-0.25, -0.2) is 8.42 Å². The highest BCUT2D eigenvalue weighted by Crippen LogP contribution is 2.29. The first-order chi connectivity index (χ1) is 9.86. The van der Waals surface area contributed by atoms with E-state index in [4.69, 9.17) is 17.3 Å². The van der Waals surface area contributed by atoms with E-state index in [0.29, 0.717) is 15.8 Å². The number of benzene rings is 1. The molecule has 0 spiro atoms. The second kappa shape index (κ2) is 6.46. The minimum absolute atomic E-state index is 0.282. The van der Waals surface area contributed by atoms with E-state index < -0.39 is 10.0 Å². The molecule has 7 heteroatoms. The van der Waals surface area contributed by atoms with E-state index in [9.17, 15) is 8.42 Å². The fourth-order valence-electron chi connectivity index (χ4n) is 1.90. The second-order valence-corrected chi connectivity index (χ2v) is 8.30. The van der Waals surface area contributed by atoms with Crippen LogP contribution in [0.2, 0.25) is 5.02 Å². The van der Waals surface area contributed by atoms with Gasteiger partial charge in [-0.1, -0.05) is 23.7 Å². The largest absolute Gasteiger partial charge is 0.326 e. The molecule has 0 aliphatic carbocycles.